The predicted octanol–water partition coefficient (Wildman–Crippen LogP) is 3.06. The molecule has 3 nitrogen and oxygen atoms in total. The van der Waals surface area contributed by atoms with Crippen LogP contribution in [0.2, 0.25) is 0 Å². The van der Waals surface area contributed by atoms with Crippen molar-refractivity contribution in [2.24, 2.45) is 4.99 Å². The van der Waals surface area contributed by atoms with E-state index >= 15 is 0 Å². The van der Waals surface area contributed by atoms with Crippen molar-refractivity contribution in [2.45, 2.75) is 19.1 Å². The van der Waals surface area contributed by atoms with Crippen LogP contribution in [-0.4, -0.2) is 22.3 Å². The summed E-state index contributed by atoms with van der Waals surface area (Å²) in [5.41, 5.74) is -0.288. The highest BCUT2D eigenvalue weighted by Gasteiger charge is 2.33. The maximum atomic E-state index is 13.3. The van der Waals surface area contributed by atoms with Gasteiger partial charge in [0, 0.05) is 24.9 Å². The molecule has 21 heavy (non-hydrogen) atoms. The minimum absolute atomic E-state index is 0.0204. The molecule has 7 heteroatoms. The summed E-state index contributed by atoms with van der Waals surface area (Å²) in [6, 6.07) is 2.53. The predicted molar refractivity (Wildman–Crippen MR) is 68.9 cm³/mol. The van der Waals surface area contributed by atoms with Gasteiger partial charge in [-0.2, -0.15) is 13.2 Å². The second-order valence-corrected chi connectivity index (χ2v) is 4.77. The summed E-state index contributed by atoms with van der Waals surface area (Å²) >= 11 is 0. The third-order valence-electron chi connectivity index (χ3n) is 3.37. The molecule has 2 aromatic rings. The minimum Gasteiger partial charge on any atom is -0.325 e. The van der Waals surface area contributed by atoms with E-state index < -0.39 is 17.6 Å². The summed E-state index contributed by atoms with van der Waals surface area (Å²) in [7, 11) is 0. The first-order chi connectivity index (χ1) is 9.95. The van der Waals surface area contributed by atoms with Gasteiger partial charge in [0.05, 0.1) is 18.3 Å². The normalized spacial score (nSPS) is 14.3. The van der Waals surface area contributed by atoms with E-state index in [-0.39, 0.29) is 12.0 Å². The molecule has 2 heterocycles. The Balaban J connectivity index is 2.00. The van der Waals surface area contributed by atoms with E-state index in [0.717, 1.165) is 18.2 Å². The summed E-state index contributed by atoms with van der Waals surface area (Å²) < 4.78 is 54.0. The first-order valence-electron chi connectivity index (χ1n) is 6.35. The molecule has 0 N–H and O–H groups in total. The zero-order valence-corrected chi connectivity index (χ0v) is 10.9. The monoisotopic (exact) mass is 297 g/mol. The first kappa shape index (κ1) is 13.8. The van der Waals surface area contributed by atoms with Gasteiger partial charge in [0.1, 0.15) is 5.82 Å². The van der Waals surface area contributed by atoms with Gasteiger partial charge in [0.2, 0.25) is 0 Å². The molecule has 1 aromatic carbocycles. The van der Waals surface area contributed by atoms with E-state index in [1.807, 2.05) is 0 Å². The Morgan fingerprint density at radius 3 is 2.81 bits per heavy atom. The van der Waals surface area contributed by atoms with Crippen molar-refractivity contribution < 1.29 is 17.6 Å². The molecule has 110 valence electrons. The number of imidazole rings is 1. The zero-order valence-electron chi connectivity index (χ0n) is 10.9. The van der Waals surface area contributed by atoms with Crippen LogP contribution < -0.4 is 0 Å². The van der Waals surface area contributed by atoms with Crippen molar-refractivity contribution in [3.8, 4) is 0 Å². The topological polar surface area (TPSA) is 30.2 Å². The van der Waals surface area contributed by atoms with E-state index in [1.165, 1.54) is 6.20 Å². The van der Waals surface area contributed by atoms with Crippen LogP contribution in [0.25, 0.3) is 0 Å². The smallest absolute Gasteiger partial charge is 0.325 e. The lowest BCUT2D eigenvalue weighted by Gasteiger charge is -2.15. The van der Waals surface area contributed by atoms with Gasteiger partial charge in [0.15, 0.2) is 5.82 Å². The van der Waals surface area contributed by atoms with Gasteiger partial charge in [0.25, 0.3) is 0 Å². The van der Waals surface area contributed by atoms with Gasteiger partial charge in [-0.15, -0.1) is 0 Å². The SMILES string of the molecule is Fc1ccc(C(F)(F)F)c(Cc2cnc3n2CCN=C3)c1. The van der Waals surface area contributed by atoms with Crippen LogP contribution in [-0.2, 0) is 19.1 Å². The molecular formula is C14H11F4N3. The van der Waals surface area contributed by atoms with E-state index in [9.17, 15) is 17.6 Å². The quantitative estimate of drug-likeness (QED) is 0.784. The molecule has 0 unspecified atom stereocenters. The minimum atomic E-state index is -4.50. The van der Waals surface area contributed by atoms with Crippen LogP contribution in [0, 0.1) is 5.82 Å². The Labute approximate surface area is 118 Å². The number of fused-ring (bicyclic) bond motifs is 1. The Bertz CT molecular complexity index is 701. The van der Waals surface area contributed by atoms with E-state index in [0.29, 0.717) is 24.6 Å². The molecule has 0 spiro atoms. The number of nitrogens with zero attached hydrogens (tertiary/aromatic N) is 3. The Hall–Kier alpha value is -2.18. The van der Waals surface area contributed by atoms with Crippen LogP contribution in [0.5, 0.6) is 0 Å². The van der Waals surface area contributed by atoms with Crippen LogP contribution in [0.1, 0.15) is 22.6 Å². The largest absolute Gasteiger partial charge is 0.416 e. The molecule has 1 aliphatic heterocycles. The first-order valence-corrected chi connectivity index (χ1v) is 6.35. The van der Waals surface area contributed by atoms with Crippen molar-refractivity contribution in [3.63, 3.8) is 0 Å². The third-order valence-corrected chi connectivity index (χ3v) is 3.37. The molecule has 0 aliphatic carbocycles. The maximum Gasteiger partial charge on any atom is 0.416 e. The Morgan fingerprint density at radius 1 is 1.24 bits per heavy atom. The fourth-order valence-corrected chi connectivity index (χ4v) is 2.41. The van der Waals surface area contributed by atoms with Crippen LogP contribution in [0.4, 0.5) is 17.6 Å². The molecule has 0 atom stereocenters. The molecule has 0 fully saturated rings. The van der Waals surface area contributed by atoms with Crippen LogP contribution in [0.15, 0.2) is 29.4 Å². The lowest BCUT2D eigenvalue weighted by molar-refractivity contribution is -0.138. The average molecular weight is 297 g/mol. The van der Waals surface area contributed by atoms with Crippen LogP contribution in [0.3, 0.4) is 0 Å². The van der Waals surface area contributed by atoms with Gasteiger partial charge < -0.3 is 4.57 Å². The van der Waals surface area contributed by atoms with Gasteiger partial charge >= 0.3 is 6.18 Å². The standard InChI is InChI=1S/C14H11F4N3/c15-10-1-2-12(14(16,17)18)9(5-10)6-11-7-20-13-8-19-3-4-21(11)13/h1-2,5,7-8H,3-4,6H2. The summed E-state index contributed by atoms with van der Waals surface area (Å²) in [5.74, 6) is -0.0702. The summed E-state index contributed by atoms with van der Waals surface area (Å²) in [6.07, 6.45) is -1.43. The number of hydrogen-bond acceptors (Lipinski definition) is 2. The van der Waals surface area contributed by atoms with Gasteiger partial charge in [-0.3, -0.25) is 4.99 Å². The number of benzene rings is 1. The van der Waals surface area contributed by atoms with Crippen molar-refractivity contribution >= 4 is 6.21 Å². The van der Waals surface area contributed by atoms with Crippen molar-refractivity contribution in [1.82, 2.24) is 9.55 Å². The van der Waals surface area contributed by atoms with Crippen molar-refractivity contribution in [1.29, 1.82) is 0 Å². The highest BCUT2D eigenvalue weighted by molar-refractivity contribution is 5.75. The van der Waals surface area contributed by atoms with Gasteiger partial charge in [-0.25, -0.2) is 9.37 Å². The zero-order chi connectivity index (χ0) is 15.0. The molecule has 3 rings (SSSR count). The number of alkyl halides is 3. The third kappa shape index (κ3) is 2.68. The summed E-state index contributed by atoms with van der Waals surface area (Å²) in [5, 5.41) is 0. The number of halogens is 4. The van der Waals surface area contributed by atoms with E-state index in [1.54, 1.807) is 10.8 Å². The second-order valence-electron chi connectivity index (χ2n) is 4.77. The molecule has 0 amide bonds. The lowest BCUT2D eigenvalue weighted by Crippen LogP contribution is -2.15. The highest BCUT2D eigenvalue weighted by Crippen LogP contribution is 2.33. The van der Waals surface area contributed by atoms with Gasteiger partial charge in [-0.05, 0) is 23.8 Å². The Morgan fingerprint density at radius 2 is 2.05 bits per heavy atom. The Kier molecular flexibility index (Phi) is 3.27. The highest BCUT2D eigenvalue weighted by atomic mass is 19.4. The average Bonchev–Trinajstić information content (AvgIpc) is 2.81. The van der Waals surface area contributed by atoms with Gasteiger partial charge in [-0.1, -0.05) is 0 Å². The molecule has 0 saturated heterocycles. The molecule has 0 saturated carbocycles. The van der Waals surface area contributed by atoms with E-state index in [2.05, 4.69) is 9.98 Å². The number of aromatic nitrogens is 2. The van der Waals surface area contributed by atoms with Crippen molar-refractivity contribution in [3.05, 3.63) is 52.9 Å². The molecule has 0 bridgehead atoms. The number of rotatable bonds is 2. The fourth-order valence-electron chi connectivity index (χ4n) is 2.41. The molecular weight excluding hydrogens is 286 g/mol. The maximum absolute atomic E-state index is 13.3. The number of hydrogen-bond donors (Lipinski definition) is 0. The summed E-state index contributed by atoms with van der Waals surface area (Å²) in [4.78, 5) is 8.17. The second kappa shape index (κ2) is 4.98. The summed E-state index contributed by atoms with van der Waals surface area (Å²) in [6.45, 7) is 1.13. The van der Waals surface area contributed by atoms with Crippen molar-refractivity contribution in [2.75, 3.05) is 6.54 Å². The fraction of sp³-hybridized carbons (Fsp3) is 0.286. The molecule has 1 aromatic heterocycles. The lowest BCUT2D eigenvalue weighted by atomic mass is 10.0. The molecule has 0 radical (unpaired) electrons. The molecule has 1 aliphatic rings. The number of aliphatic imine (C=N–C) groups is 1. The van der Waals surface area contributed by atoms with E-state index in [4.69, 9.17) is 0 Å². The van der Waals surface area contributed by atoms with Crippen LogP contribution >= 0.6 is 0 Å².